The van der Waals surface area contributed by atoms with Gasteiger partial charge in [-0.3, -0.25) is 0 Å². The zero-order chi connectivity index (χ0) is 23.7. The topological polar surface area (TPSA) is 264 Å². The monoisotopic (exact) mass is 458 g/mol. The largest absolute Gasteiger partial charge is 0.477 e. The number of ether oxygens (including phenoxy) is 3. The molecule has 0 aromatic carbocycles. The minimum Gasteiger partial charge on any atom is -0.477 e. The van der Waals surface area contributed by atoms with Crippen LogP contribution in [0.2, 0.25) is 0 Å². The molecule has 0 aromatic rings. The standard InChI is InChI=1S/C16H26O15/c17-3-6(20)11-9(22)5(19)1-16(31-11,14(26)27)29-8-2-15(28,13(24)25)30-12(10(8)23)7(21)4-18/h5-12,17-23,28H,1-4H2,(H,24,25)(H,26,27)/t5-,6+,7+,8-,9-,10-,11-,12-,15-,16-/m1/s1. The van der Waals surface area contributed by atoms with Gasteiger partial charge in [0.1, 0.15) is 36.6 Å². The van der Waals surface area contributed by atoms with Crippen molar-refractivity contribution in [3.8, 4) is 0 Å². The van der Waals surface area contributed by atoms with E-state index < -0.39 is 98.4 Å². The third-order valence-electron chi connectivity index (χ3n) is 5.20. The van der Waals surface area contributed by atoms with Gasteiger partial charge in [-0.1, -0.05) is 0 Å². The smallest absolute Gasteiger partial charge is 0.364 e. The summed E-state index contributed by atoms with van der Waals surface area (Å²) in [6, 6.07) is 0. The first-order chi connectivity index (χ1) is 14.3. The van der Waals surface area contributed by atoms with E-state index in [-0.39, 0.29) is 0 Å². The minimum atomic E-state index is -3.07. The number of hydrogen-bond donors (Lipinski definition) is 10. The highest BCUT2D eigenvalue weighted by atomic mass is 16.7. The third-order valence-corrected chi connectivity index (χ3v) is 5.20. The first kappa shape index (κ1) is 25.8. The SMILES string of the molecule is O=C(O)[C@@]1(O[C@@H]2C[C@](O)(C(=O)O)O[C@H]([C@@H](O)CO)[C@@H]2O)C[C@@H](O)[C@@H](O)[C@@H]([C@@H](O)CO)O1. The van der Waals surface area contributed by atoms with Crippen LogP contribution in [0.4, 0.5) is 0 Å². The first-order valence-electron chi connectivity index (χ1n) is 9.16. The van der Waals surface area contributed by atoms with Gasteiger partial charge in [-0.15, -0.1) is 0 Å². The second-order valence-electron chi connectivity index (χ2n) is 7.43. The molecule has 2 saturated heterocycles. The van der Waals surface area contributed by atoms with Gasteiger partial charge in [-0.2, -0.15) is 0 Å². The van der Waals surface area contributed by atoms with E-state index in [0.717, 1.165) is 0 Å². The molecule has 0 saturated carbocycles. The Balaban J connectivity index is 2.41. The van der Waals surface area contributed by atoms with E-state index in [0.29, 0.717) is 0 Å². The van der Waals surface area contributed by atoms with Gasteiger partial charge in [0.25, 0.3) is 11.6 Å². The molecule has 2 aliphatic rings. The van der Waals surface area contributed by atoms with E-state index in [1.165, 1.54) is 0 Å². The van der Waals surface area contributed by atoms with Crippen molar-refractivity contribution in [2.75, 3.05) is 13.2 Å². The third kappa shape index (κ3) is 4.96. The second kappa shape index (κ2) is 9.55. The molecule has 2 heterocycles. The Morgan fingerprint density at radius 2 is 1.42 bits per heavy atom. The van der Waals surface area contributed by atoms with Crippen molar-refractivity contribution >= 4 is 11.9 Å². The molecular formula is C16H26O15. The summed E-state index contributed by atoms with van der Waals surface area (Å²) in [6.45, 7) is -2.02. The van der Waals surface area contributed by atoms with Crippen LogP contribution in [0.25, 0.3) is 0 Å². The fourth-order valence-corrected chi connectivity index (χ4v) is 3.48. The molecule has 0 aliphatic carbocycles. The molecule has 0 spiro atoms. The lowest BCUT2D eigenvalue weighted by Gasteiger charge is -2.48. The number of carboxylic acid groups (broad SMARTS) is 2. The highest BCUT2D eigenvalue weighted by Crippen LogP contribution is 2.38. The Bertz CT molecular complexity index is 659. The van der Waals surface area contributed by atoms with Crippen LogP contribution in [0.5, 0.6) is 0 Å². The van der Waals surface area contributed by atoms with Crippen LogP contribution in [0.1, 0.15) is 12.8 Å². The molecule has 2 fully saturated rings. The van der Waals surface area contributed by atoms with E-state index in [4.69, 9.17) is 24.4 Å². The van der Waals surface area contributed by atoms with E-state index in [1.807, 2.05) is 0 Å². The molecule has 15 nitrogen and oxygen atoms in total. The maximum absolute atomic E-state index is 12.0. The van der Waals surface area contributed by atoms with Gasteiger partial charge in [-0.05, 0) is 0 Å². The Kier molecular flexibility index (Phi) is 7.94. The second-order valence-corrected chi connectivity index (χ2v) is 7.43. The molecule has 180 valence electrons. The Morgan fingerprint density at radius 3 is 1.87 bits per heavy atom. The molecule has 15 heteroatoms. The fourth-order valence-electron chi connectivity index (χ4n) is 3.48. The number of aliphatic hydroxyl groups excluding tert-OH is 7. The fraction of sp³-hybridized carbons (Fsp3) is 0.875. The average Bonchev–Trinajstić information content (AvgIpc) is 2.71. The minimum absolute atomic E-state index is 0.957. The molecule has 10 N–H and O–H groups in total. The van der Waals surface area contributed by atoms with Crippen LogP contribution in [0, 0.1) is 0 Å². The van der Waals surface area contributed by atoms with Crippen LogP contribution < -0.4 is 0 Å². The molecule has 0 aromatic heterocycles. The van der Waals surface area contributed by atoms with Crippen molar-refractivity contribution in [2.24, 2.45) is 0 Å². The van der Waals surface area contributed by atoms with Crippen molar-refractivity contribution in [1.82, 2.24) is 0 Å². The van der Waals surface area contributed by atoms with Crippen LogP contribution in [-0.2, 0) is 23.8 Å². The number of carboxylic acids is 2. The molecule has 0 bridgehead atoms. The summed E-state index contributed by atoms with van der Waals surface area (Å²) in [6.07, 6.45) is -17.2. The zero-order valence-corrected chi connectivity index (χ0v) is 16.0. The number of hydrogen-bond acceptors (Lipinski definition) is 13. The van der Waals surface area contributed by atoms with Gasteiger partial charge < -0.3 is 65.3 Å². The summed E-state index contributed by atoms with van der Waals surface area (Å²) in [5.74, 6) is -9.83. The summed E-state index contributed by atoms with van der Waals surface area (Å²) in [7, 11) is 0. The van der Waals surface area contributed by atoms with E-state index in [9.17, 15) is 50.4 Å². The van der Waals surface area contributed by atoms with Gasteiger partial charge in [0.2, 0.25) is 0 Å². The number of aliphatic hydroxyl groups is 8. The molecule has 0 amide bonds. The van der Waals surface area contributed by atoms with Gasteiger partial charge in [-0.25, -0.2) is 9.59 Å². The quantitative estimate of drug-likeness (QED) is 0.162. The molecule has 2 aliphatic heterocycles. The Morgan fingerprint density at radius 1 is 0.903 bits per heavy atom. The number of carbonyl (C=O) groups is 2. The number of rotatable bonds is 8. The van der Waals surface area contributed by atoms with Crippen LogP contribution in [0.3, 0.4) is 0 Å². The molecular weight excluding hydrogens is 432 g/mol. The highest BCUT2D eigenvalue weighted by Gasteiger charge is 2.59. The van der Waals surface area contributed by atoms with Crippen molar-refractivity contribution in [2.45, 2.75) is 73.2 Å². The summed E-state index contributed by atoms with van der Waals surface area (Å²) in [5.41, 5.74) is 0. The van der Waals surface area contributed by atoms with E-state index in [2.05, 4.69) is 0 Å². The normalized spacial score (nSPS) is 43.2. The van der Waals surface area contributed by atoms with Gasteiger partial charge in [0.15, 0.2) is 0 Å². The summed E-state index contributed by atoms with van der Waals surface area (Å²) in [5, 5.41) is 97.4. The number of aliphatic carboxylic acids is 2. The van der Waals surface area contributed by atoms with Crippen molar-refractivity contribution < 1.29 is 74.9 Å². The van der Waals surface area contributed by atoms with E-state index >= 15 is 0 Å². The van der Waals surface area contributed by atoms with Crippen molar-refractivity contribution in [1.29, 1.82) is 0 Å². The Labute approximate surface area is 174 Å². The summed E-state index contributed by atoms with van der Waals surface area (Å²) >= 11 is 0. The molecule has 31 heavy (non-hydrogen) atoms. The van der Waals surface area contributed by atoms with Gasteiger partial charge in [0, 0.05) is 12.8 Å². The van der Waals surface area contributed by atoms with Crippen LogP contribution in [-0.4, -0.2) is 137 Å². The lowest BCUT2D eigenvalue weighted by atomic mass is 9.90. The zero-order valence-electron chi connectivity index (χ0n) is 16.0. The maximum atomic E-state index is 12.0. The summed E-state index contributed by atoms with van der Waals surface area (Å²) < 4.78 is 15.2. The maximum Gasteiger partial charge on any atom is 0.364 e. The first-order valence-corrected chi connectivity index (χ1v) is 9.16. The molecule has 0 radical (unpaired) electrons. The lowest BCUT2D eigenvalue weighted by Crippen LogP contribution is -2.67. The Hall–Kier alpha value is -1.50. The van der Waals surface area contributed by atoms with Gasteiger partial charge >= 0.3 is 11.9 Å². The van der Waals surface area contributed by atoms with Crippen molar-refractivity contribution in [3.63, 3.8) is 0 Å². The van der Waals surface area contributed by atoms with Crippen LogP contribution in [0.15, 0.2) is 0 Å². The predicted molar refractivity (Wildman–Crippen MR) is 91.0 cm³/mol. The highest BCUT2D eigenvalue weighted by molar-refractivity contribution is 5.76. The van der Waals surface area contributed by atoms with Gasteiger partial charge in [0.05, 0.1) is 25.4 Å². The van der Waals surface area contributed by atoms with Crippen molar-refractivity contribution in [3.05, 3.63) is 0 Å². The molecule has 10 atom stereocenters. The lowest BCUT2D eigenvalue weighted by molar-refractivity contribution is -0.369. The summed E-state index contributed by atoms with van der Waals surface area (Å²) in [4.78, 5) is 23.4. The van der Waals surface area contributed by atoms with Crippen LogP contribution >= 0.6 is 0 Å². The predicted octanol–water partition coefficient (Wildman–Crippen LogP) is -5.71. The van der Waals surface area contributed by atoms with E-state index in [1.54, 1.807) is 0 Å². The molecule has 2 rings (SSSR count). The average molecular weight is 458 g/mol. The molecule has 0 unspecified atom stereocenters.